The summed E-state index contributed by atoms with van der Waals surface area (Å²) in [5.41, 5.74) is 2.43. The topological polar surface area (TPSA) is 154 Å². The molecule has 0 radical (unpaired) electrons. The fourth-order valence-electron chi connectivity index (χ4n) is 4.86. The molecule has 1 saturated carbocycles. The fraction of sp³-hybridized carbons (Fsp3) is 0.375. The summed E-state index contributed by atoms with van der Waals surface area (Å²) in [6, 6.07) is 5.92. The minimum Gasteiger partial charge on any atom is -0.393 e. The number of rotatable bonds is 8. The molecule has 0 saturated heterocycles. The van der Waals surface area contributed by atoms with Crippen molar-refractivity contribution in [1.29, 1.82) is 0 Å². The number of aliphatic hydroxyl groups excluding tert-OH is 1. The highest BCUT2D eigenvalue weighted by atomic mass is 35.5. The zero-order chi connectivity index (χ0) is 27.0. The van der Waals surface area contributed by atoms with Gasteiger partial charge in [0, 0.05) is 23.7 Å². The third-order valence-corrected chi connectivity index (χ3v) is 8.52. The largest absolute Gasteiger partial charge is 0.393 e. The first-order chi connectivity index (χ1) is 18.1. The van der Waals surface area contributed by atoms with Crippen molar-refractivity contribution in [1.82, 2.24) is 9.97 Å². The molecule has 14 heteroatoms. The van der Waals surface area contributed by atoms with E-state index in [1.807, 2.05) is 0 Å². The maximum absolute atomic E-state index is 14.0. The number of hydrogen-bond acceptors (Lipinski definition) is 10. The van der Waals surface area contributed by atoms with Crippen LogP contribution in [0.2, 0.25) is 4.34 Å². The van der Waals surface area contributed by atoms with Gasteiger partial charge < -0.3 is 15.2 Å². The van der Waals surface area contributed by atoms with Crippen LogP contribution in [0.15, 0.2) is 36.8 Å². The van der Waals surface area contributed by atoms with Gasteiger partial charge in [-0.2, -0.15) is 8.42 Å². The van der Waals surface area contributed by atoms with Crippen LogP contribution < -0.4 is 10.5 Å². The number of nitrogens with zero attached hydrogens (tertiary/aromatic N) is 2. The minimum absolute atomic E-state index is 0.201. The maximum atomic E-state index is 14.0. The zero-order valence-corrected chi connectivity index (χ0v) is 22.2. The molecule has 5 rings (SSSR count). The van der Waals surface area contributed by atoms with E-state index in [1.54, 1.807) is 12.1 Å². The molecule has 2 aliphatic rings. The van der Waals surface area contributed by atoms with Gasteiger partial charge in [-0.3, -0.25) is 8.98 Å². The second-order valence-electron chi connectivity index (χ2n) is 9.22. The smallest absolute Gasteiger partial charge is 0.333 e. The Kier molecular flexibility index (Phi) is 7.78. The molecule has 10 nitrogen and oxygen atoms in total. The molecule has 1 aliphatic heterocycles. The van der Waals surface area contributed by atoms with Crippen LogP contribution in [-0.4, -0.2) is 54.6 Å². The van der Waals surface area contributed by atoms with E-state index in [2.05, 4.69) is 19.5 Å². The van der Waals surface area contributed by atoms with E-state index in [-0.39, 0.29) is 35.6 Å². The van der Waals surface area contributed by atoms with E-state index in [0.29, 0.717) is 46.2 Å². The molecule has 0 bridgehead atoms. The van der Waals surface area contributed by atoms with Gasteiger partial charge in [-0.15, -0.1) is 11.3 Å². The summed E-state index contributed by atoms with van der Waals surface area (Å²) in [5, 5.41) is 18.4. The van der Waals surface area contributed by atoms with E-state index < -0.39 is 28.4 Å². The van der Waals surface area contributed by atoms with Gasteiger partial charge in [0.05, 0.1) is 34.1 Å². The highest BCUT2D eigenvalue weighted by Gasteiger charge is 2.35. The number of ketones is 1. The second-order valence-corrected chi connectivity index (χ2v) is 12.1. The quantitative estimate of drug-likeness (QED) is 0.340. The lowest BCUT2D eigenvalue weighted by Gasteiger charge is -2.26. The van der Waals surface area contributed by atoms with E-state index >= 15 is 0 Å². The maximum Gasteiger partial charge on any atom is 0.333 e. The summed E-state index contributed by atoms with van der Waals surface area (Å²) in [5.74, 6) is -0.944. The number of halogens is 2. The van der Waals surface area contributed by atoms with Gasteiger partial charge in [-0.1, -0.05) is 17.7 Å². The lowest BCUT2D eigenvalue weighted by atomic mass is 9.94. The van der Waals surface area contributed by atoms with Gasteiger partial charge in [-0.25, -0.2) is 19.5 Å². The molecule has 2 aromatic heterocycles. The van der Waals surface area contributed by atoms with E-state index in [9.17, 15) is 22.7 Å². The van der Waals surface area contributed by atoms with Crippen molar-refractivity contribution in [3.8, 4) is 0 Å². The summed E-state index contributed by atoms with van der Waals surface area (Å²) >= 11 is 7.63. The first-order valence-electron chi connectivity index (χ1n) is 11.7. The molecule has 0 amide bonds. The molecule has 0 spiro atoms. The Morgan fingerprint density at radius 1 is 1.32 bits per heavy atom. The lowest BCUT2D eigenvalue weighted by Crippen LogP contribution is -2.24. The average molecular weight is 583 g/mol. The second kappa shape index (κ2) is 10.9. The monoisotopic (exact) mass is 582 g/mol. The molecule has 1 fully saturated rings. The van der Waals surface area contributed by atoms with Gasteiger partial charge in [0.15, 0.2) is 0 Å². The SMILES string of the molecule is NS(=O)(=O)OC[C@H]1C[C@@H](Nc2ncncc2C(=O)c2cc(C3OCCc4ccc(F)cc43)c(Cl)s2)C[C@@H]1O. The first kappa shape index (κ1) is 27.1. The van der Waals surface area contributed by atoms with Crippen molar-refractivity contribution in [2.75, 3.05) is 18.5 Å². The summed E-state index contributed by atoms with van der Waals surface area (Å²) < 4.78 is 47.1. The highest BCUT2D eigenvalue weighted by Crippen LogP contribution is 2.41. The predicted molar refractivity (Wildman–Crippen MR) is 138 cm³/mol. The number of hydrogen-bond donors (Lipinski definition) is 3. The standard InChI is InChI=1S/C24H24ClFN4O6S2/c25-23-17(22-16-6-14(26)2-1-12(16)3-4-35-22)8-20(37-23)21(32)18-9-28-11-29-24(18)30-15-5-13(19(31)7-15)10-36-38(27,33)34/h1-2,6,8-9,11,13,15,19,22,31H,3-5,7,10H2,(H2,27,33,34)(H,28,29,30)/t13-,15-,19+,22?/m1/s1. The van der Waals surface area contributed by atoms with Crippen LogP contribution in [-0.2, 0) is 25.6 Å². The number of nitrogens with two attached hydrogens (primary N) is 1. The minimum atomic E-state index is -4.12. The summed E-state index contributed by atoms with van der Waals surface area (Å²) in [6.45, 7) is 0.191. The molecule has 1 aromatic carbocycles. The van der Waals surface area contributed by atoms with E-state index in [4.69, 9.17) is 21.5 Å². The van der Waals surface area contributed by atoms with Gasteiger partial charge >= 0.3 is 10.3 Å². The van der Waals surface area contributed by atoms with Crippen molar-refractivity contribution >= 4 is 44.8 Å². The molecular weight excluding hydrogens is 559 g/mol. The van der Waals surface area contributed by atoms with Crippen molar-refractivity contribution in [2.24, 2.45) is 11.1 Å². The van der Waals surface area contributed by atoms with Crippen LogP contribution in [0, 0.1) is 11.7 Å². The van der Waals surface area contributed by atoms with E-state index in [0.717, 1.165) is 16.9 Å². The van der Waals surface area contributed by atoms with E-state index in [1.165, 1.54) is 24.7 Å². The van der Waals surface area contributed by atoms with Gasteiger partial charge in [0.2, 0.25) is 5.78 Å². The Morgan fingerprint density at radius 3 is 2.92 bits per heavy atom. The molecule has 1 aliphatic carbocycles. The molecule has 1 unspecified atom stereocenters. The first-order valence-corrected chi connectivity index (χ1v) is 14.4. The number of anilines is 1. The summed E-state index contributed by atoms with van der Waals surface area (Å²) in [4.78, 5) is 22.1. The molecule has 38 heavy (non-hydrogen) atoms. The van der Waals surface area contributed by atoms with Gasteiger partial charge in [0.25, 0.3) is 0 Å². The van der Waals surface area contributed by atoms with Gasteiger partial charge in [-0.05, 0) is 48.6 Å². The van der Waals surface area contributed by atoms with Crippen LogP contribution >= 0.6 is 22.9 Å². The molecule has 4 atom stereocenters. The molecule has 3 heterocycles. The van der Waals surface area contributed by atoms with Crippen LogP contribution in [0.1, 0.15) is 50.9 Å². The van der Waals surface area contributed by atoms with Gasteiger partial charge in [0.1, 0.15) is 24.1 Å². The molecule has 202 valence electrons. The predicted octanol–water partition coefficient (Wildman–Crippen LogP) is 3.00. The Bertz CT molecular complexity index is 1470. The number of nitrogens with one attached hydrogen (secondary N) is 1. The Labute approximate surface area is 227 Å². The summed E-state index contributed by atoms with van der Waals surface area (Å²) in [7, 11) is -4.12. The molecule has 3 aromatic rings. The number of aromatic nitrogens is 2. The van der Waals surface area contributed by atoms with Crippen LogP contribution in [0.5, 0.6) is 0 Å². The normalized spacial score (nSPS) is 23.3. The number of ether oxygens (including phenoxy) is 1. The number of thiophene rings is 1. The number of fused-ring (bicyclic) bond motifs is 1. The molecule has 4 N–H and O–H groups in total. The van der Waals surface area contributed by atoms with Crippen molar-refractivity contribution in [3.63, 3.8) is 0 Å². The Morgan fingerprint density at radius 2 is 2.13 bits per heavy atom. The van der Waals surface area contributed by atoms with Crippen molar-refractivity contribution in [2.45, 2.75) is 37.5 Å². The number of benzene rings is 1. The fourth-order valence-corrected chi connectivity index (χ4v) is 6.50. The molecular formula is C24H24ClFN4O6S2. The van der Waals surface area contributed by atoms with Crippen LogP contribution in [0.4, 0.5) is 10.2 Å². The highest BCUT2D eigenvalue weighted by molar-refractivity contribution is 7.84. The third kappa shape index (κ3) is 5.88. The van der Waals surface area contributed by atoms with Crippen molar-refractivity contribution < 1.29 is 31.6 Å². The number of aliphatic hydroxyl groups is 1. The van der Waals surface area contributed by atoms with Crippen LogP contribution in [0.25, 0.3) is 0 Å². The number of carbonyl (C=O) groups excluding carboxylic acids is 1. The van der Waals surface area contributed by atoms with Crippen molar-refractivity contribution in [3.05, 3.63) is 74.1 Å². The summed E-state index contributed by atoms with van der Waals surface area (Å²) in [6.07, 6.45) is 2.58. The Balaban J connectivity index is 1.35. The third-order valence-electron chi connectivity index (χ3n) is 6.67. The number of carbonyl (C=O) groups is 1. The average Bonchev–Trinajstić information content (AvgIpc) is 3.43. The zero-order valence-electron chi connectivity index (χ0n) is 19.8. The Hall–Kier alpha value is -2.52. The lowest BCUT2D eigenvalue weighted by molar-refractivity contribution is 0.0698. The van der Waals surface area contributed by atoms with Crippen LogP contribution in [0.3, 0.4) is 0 Å².